The number of hydrogen-bond acceptors (Lipinski definition) is 2. The third kappa shape index (κ3) is 3.15. The number of amides is 1. The molecule has 0 fully saturated rings. The molecule has 0 atom stereocenters. The summed E-state index contributed by atoms with van der Waals surface area (Å²) in [5, 5.41) is 9.25. The van der Waals surface area contributed by atoms with Crippen LogP contribution in [0, 0.1) is 6.92 Å². The van der Waals surface area contributed by atoms with Crippen molar-refractivity contribution in [1.29, 1.82) is 0 Å². The second kappa shape index (κ2) is 5.74. The van der Waals surface area contributed by atoms with E-state index in [4.69, 9.17) is 0 Å². The van der Waals surface area contributed by atoms with E-state index in [1.54, 1.807) is 19.1 Å². The number of carbonyl (C=O) groups excluding carboxylic acids is 1. The second-order valence-corrected chi connectivity index (χ2v) is 5.79. The number of aliphatic carboxylic acids is 1. The molecule has 4 nitrogen and oxygen atoms in total. The number of carbonyl (C=O) groups is 2. The minimum absolute atomic E-state index is 0.264. The zero-order valence-electron chi connectivity index (χ0n) is 11.5. The van der Waals surface area contributed by atoms with Crippen molar-refractivity contribution in [3.63, 3.8) is 0 Å². The lowest BCUT2D eigenvalue weighted by Crippen LogP contribution is -2.53. The monoisotopic (exact) mass is 327 g/mol. The molecule has 19 heavy (non-hydrogen) atoms. The number of benzene rings is 1. The second-order valence-electron chi connectivity index (χ2n) is 4.87. The van der Waals surface area contributed by atoms with Gasteiger partial charge in [0.15, 0.2) is 0 Å². The quantitative estimate of drug-likeness (QED) is 0.924. The van der Waals surface area contributed by atoms with Crippen LogP contribution in [-0.4, -0.2) is 34.0 Å². The van der Waals surface area contributed by atoms with Gasteiger partial charge in [-0.25, -0.2) is 4.79 Å². The summed E-state index contributed by atoms with van der Waals surface area (Å²) in [4.78, 5) is 25.2. The van der Waals surface area contributed by atoms with Gasteiger partial charge >= 0.3 is 5.97 Å². The maximum atomic E-state index is 12.5. The van der Waals surface area contributed by atoms with Gasteiger partial charge in [0, 0.05) is 16.6 Å². The van der Waals surface area contributed by atoms with Crippen molar-refractivity contribution in [2.24, 2.45) is 0 Å². The van der Waals surface area contributed by atoms with Gasteiger partial charge in [0.2, 0.25) is 0 Å². The molecule has 1 amide bonds. The maximum Gasteiger partial charge on any atom is 0.329 e. The first-order chi connectivity index (χ1) is 8.71. The normalized spacial score (nSPS) is 11.2. The topological polar surface area (TPSA) is 57.6 Å². The largest absolute Gasteiger partial charge is 0.480 e. The third-order valence-corrected chi connectivity index (χ3v) is 3.67. The van der Waals surface area contributed by atoms with Gasteiger partial charge in [0.05, 0.1) is 0 Å². The number of hydrogen-bond donors (Lipinski definition) is 1. The van der Waals surface area contributed by atoms with Gasteiger partial charge in [0.1, 0.15) is 5.54 Å². The van der Waals surface area contributed by atoms with Crippen molar-refractivity contribution in [2.45, 2.75) is 33.2 Å². The molecule has 1 rings (SSSR count). The lowest BCUT2D eigenvalue weighted by Gasteiger charge is -2.34. The lowest BCUT2D eigenvalue weighted by molar-refractivity contribution is -0.147. The van der Waals surface area contributed by atoms with E-state index in [1.807, 2.05) is 13.0 Å². The summed E-state index contributed by atoms with van der Waals surface area (Å²) in [6.45, 7) is 7.01. The number of halogens is 1. The van der Waals surface area contributed by atoms with Gasteiger partial charge in [-0.15, -0.1) is 0 Å². The van der Waals surface area contributed by atoms with Gasteiger partial charge in [0.25, 0.3) is 5.91 Å². The molecule has 0 unspecified atom stereocenters. The summed E-state index contributed by atoms with van der Waals surface area (Å²) in [5.74, 6) is -1.28. The fourth-order valence-electron chi connectivity index (χ4n) is 1.92. The van der Waals surface area contributed by atoms with Crippen LogP contribution in [0.15, 0.2) is 22.7 Å². The Morgan fingerprint density at radius 3 is 2.37 bits per heavy atom. The molecule has 0 saturated heterocycles. The van der Waals surface area contributed by atoms with Crippen LogP contribution in [0.3, 0.4) is 0 Å². The first-order valence-electron chi connectivity index (χ1n) is 6.03. The summed E-state index contributed by atoms with van der Waals surface area (Å²) >= 11 is 3.34. The highest BCUT2D eigenvalue weighted by atomic mass is 79.9. The molecule has 104 valence electrons. The minimum Gasteiger partial charge on any atom is -0.480 e. The van der Waals surface area contributed by atoms with Crippen molar-refractivity contribution in [2.75, 3.05) is 6.54 Å². The highest BCUT2D eigenvalue weighted by Gasteiger charge is 2.37. The maximum absolute atomic E-state index is 12.5. The molecule has 0 aromatic heterocycles. The van der Waals surface area contributed by atoms with E-state index >= 15 is 0 Å². The van der Waals surface area contributed by atoms with Crippen molar-refractivity contribution in [1.82, 2.24) is 4.90 Å². The molecule has 0 aliphatic rings. The third-order valence-electron chi connectivity index (χ3n) is 3.18. The van der Waals surface area contributed by atoms with Gasteiger partial charge < -0.3 is 10.0 Å². The number of carboxylic acid groups (broad SMARTS) is 1. The predicted octanol–water partition coefficient (Wildman–Crippen LogP) is 3.08. The molecule has 0 aliphatic carbocycles. The summed E-state index contributed by atoms with van der Waals surface area (Å²) in [5.41, 5.74) is 0.115. The SMILES string of the molecule is CCN(C(=O)c1ccc(Br)cc1C)C(C)(C)C(=O)O. The molecule has 1 aromatic carbocycles. The Labute approximate surface area is 121 Å². The Bertz CT molecular complexity index is 511. The molecular formula is C14H18BrNO3. The zero-order chi connectivity index (χ0) is 14.8. The van der Waals surface area contributed by atoms with Gasteiger partial charge in [-0.1, -0.05) is 15.9 Å². The van der Waals surface area contributed by atoms with Crippen molar-refractivity contribution >= 4 is 27.8 Å². The van der Waals surface area contributed by atoms with Crippen LogP contribution in [0.4, 0.5) is 0 Å². The van der Waals surface area contributed by atoms with E-state index in [2.05, 4.69) is 15.9 Å². The molecule has 5 heteroatoms. The number of nitrogens with zero attached hydrogens (tertiary/aromatic N) is 1. The summed E-state index contributed by atoms with van der Waals surface area (Å²) < 4.78 is 0.891. The smallest absolute Gasteiger partial charge is 0.329 e. The van der Waals surface area contributed by atoms with Gasteiger partial charge in [-0.2, -0.15) is 0 Å². The van der Waals surface area contributed by atoms with E-state index in [9.17, 15) is 14.7 Å². The Morgan fingerprint density at radius 1 is 1.37 bits per heavy atom. The number of likely N-dealkylation sites (N-methyl/N-ethyl adjacent to an activating group) is 1. The Kier molecular flexibility index (Phi) is 4.74. The molecule has 0 bridgehead atoms. The molecular weight excluding hydrogens is 310 g/mol. The summed E-state index contributed by atoms with van der Waals surface area (Å²) in [7, 11) is 0. The van der Waals surface area contributed by atoms with Crippen LogP contribution in [0.5, 0.6) is 0 Å². The number of rotatable bonds is 4. The fraction of sp³-hybridized carbons (Fsp3) is 0.429. The molecule has 0 heterocycles. The van der Waals surface area contributed by atoms with Crippen LogP contribution in [0.25, 0.3) is 0 Å². The fourth-order valence-corrected chi connectivity index (χ4v) is 2.40. The average Bonchev–Trinajstić information content (AvgIpc) is 2.28. The zero-order valence-corrected chi connectivity index (χ0v) is 13.1. The Balaban J connectivity index is 3.19. The van der Waals surface area contributed by atoms with E-state index in [-0.39, 0.29) is 5.91 Å². The highest BCUT2D eigenvalue weighted by molar-refractivity contribution is 9.10. The number of aryl methyl sites for hydroxylation is 1. The van der Waals surface area contributed by atoms with Crippen molar-refractivity contribution < 1.29 is 14.7 Å². The van der Waals surface area contributed by atoms with Crippen LogP contribution in [-0.2, 0) is 4.79 Å². The Morgan fingerprint density at radius 2 is 1.95 bits per heavy atom. The summed E-state index contributed by atoms with van der Waals surface area (Å²) in [6.07, 6.45) is 0. The van der Waals surface area contributed by atoms with Gasteiger partial charge in [-0.3, -0.25) is 4.79 Å². The number of carboxylic acids is 1. The molecule has 1 N–H and O–H groups in total. The van der Waals surface area contributed by atoms with Crippen LogP contribution < -0.4 is 0 Å². The standard InChI is InChI=1S/C14H18BrNO3/c1-5-16(14(3,4)13(18)19)12(17)11-7-6-10(15)8-9(11)2/h6-8H,5H2,1-4H3,(H,18,19). The van der Waals surface area contributed by atoms with E-state index in [1.165, 1.54) is 18.7 Å². The summed E-state index contributed by atoms with van der Waals surface area (Å²) in [6, 6.07) is 5.33. The van der Waals surface area contributed by atoms with E-state index in [0.717, 1.165) is 10.0 Å². The molecule has 0 radical (unpaired) electrons. The molecule has 1 aromatic rings. The van der Waals surface area contributed by atoms with Crippen molar-refractivity contribution in [3.05, 3.63) is 33.8 Å². The van der Waals surface area contributed by atoms with Gasteiger partial charge in [-0.05, 0) is 51.5 Å². The van der Waals surface area contributed by atoms with Crippen molar-refractivity contribution in [3.8, 4) is 0 Å². The minimum atomic E-state index is -1.23. The average molecular weight is 328 g/mol. The van der Waals surface area contributed by atoms with E-state index < -0.39 is 11.5 Å². The van der Waals surface area contributed by atoms with E-state index in [0.29, 0.717) is 12.1 Å². The van der Waals surface area contributed by atoms with Crippen LogP contribution in [0.1, 0.15) is 36.7 Å². The molecule has 0 spiro atoms. The first kappa shape index (κ1) is 15.7. The molecule has 0 aliphatic heterocycles. The first-order valence-corrected chi connectivity index (χ1v) is 6.82. The Hall–Kier alpha value is -1.36. The predicted molar refractivity (Wildman–Crippen MR) is 77.3 cm³/mol. The van der Waals surface area contributed by atoms with Crippen LogP contribution in [0.2, 0.25) is 0 Å². The van der Waals surface area contributed by atoms with Crippen LogP contribution >= 0.6 is 15.9 Å². The highest BCUT2D eigenvalue weighted by Crippen LogP contribution is 2.22. The lowest BCUT2D eigenvalue weighted by atomic mass is 10.00. The molecule has 0 saturated carbocycles.